The van der Waals surface area contributed by atoms with E-state index in [1.807, 2.05) is 0 Å². The first-order valence-electron chi connectivity index (χ1n) is 9.46. The van der Waals surface area contributed by atoms with E-state index in [9.17, 15) is 14.4 Å². The number of benzene rings is 2. The molecule has 7 heteroatoms. The monoisotopic (exact) mass is 413 g/mol. The van der Waals surface area contributed by atoms with E-state index >= 15 is 0 Å². The summed E-state index contributed by atoms with van der Waals surface area (Å²) in [5, 5.41) is 2.73. The van der Waals surface area contributed by atoms with E-state index in [2.05, 4.69) is 5.32 Å². The number of methoxy groups -OCH3 is 2. The Morgan fingerprint density at radius 2 is 1.50 bits per heavy atom. The molecular weight excluding hydrogens is 386 g/mol. The number of ether oxygens (including phenoxy) is 3. The number of hydrogen-bond donors (Lipinski definition) is 1. The summed E-state index contributed by atoms with van der Waals surface area (Å²) in [4.78, 5) is 37.9. The average molecular weight is 413 g/mol. The largest absolute Gasteiger partial charge is 0.493 e. The highest BCUT2D eigenvalue weighted by Gasteiger charge is 2.27. The number of Topliss-reactive ketones (excluding diaryl/α,β-unsaturated/α-hetero) is 1. The molecule has 0 heterocycles. The molecule has 0 saturated heterocycles. The van der Waals surface area contributed by atoms with Crippen molar-refractivity contribution in [2.24, 2.45) is 5.41 Å². The van der Waals surface area contributed by atoms with Crippen LogP contribution in [0.25, 0.3) is 0 Å². The van der Waals surface area contributed by atoms with Crippen LogP contribution in [0.5, 0.6) is 11.5 Å². The Labute approximate surface area is 176 Å². The standard InChI is InChI=1S/C23H27NO6/c1-14(20(25)15-10-8-7-9-11-15)30-21(26)16-12-18(28-5)19(29-6)13-17(16)24-22(27)23(2,3)4/h7-14H,1-6H3,(H,24,27). The topological polar surface area (TPSA) is 90.9 Å². The zero-order chi connectivity index (χ0) is 22.5. The molecule has 160 valence electrons. The molecule has 0 aliphatic carbocycles. The second kappa shape index (κ2) is 9.43. The molecule has 0 bridgehead atoms. The SMILES string of the molecule is COc1cc(NC(=O)C(C)(C)C)c(C(=O)OC(C)C(=O)c2ccccc2)cc1OC. The summed E-state index contributed by atoms with van der Waals surface area (Å²) in [6, 6.07) is 11.5. The number of amides is 1. The maximum Gasteiger partial charge on any atom is 0.341 e. The number of rotatable bonds is 7. The highest BCUT2D eigenvalue weighted by molar-refractivity contribution is 6.05. The van der Waals surface area contributed by atoms with Crippen molar-refractivity contribution in [1.29, 1.82) is 0 Å². The van der Waals surface area contributed by atoms with Gasteiger partial charge >= 0.3 is 5.97 Å². The number of anilines is 1. The number of nitrogens with one attached hydrogen (secondary N) is 1. The minimum absolute atomic E-state index is 0.0537. The van der Waals surface area contributed by atoms with Crippen LogP contribution in [-0.4, -0.2) is 38.0 Å². The Morgan fingerprint density at radius 1 is 0.933 bits per heavy atom. The van der Waals surface area contributed by atoms with Gasteiger partial charge in [0.05, 0.1) is 25.5 Å². The van der Waals surface area contributed by atoms with Gasteiger partial charge in [-0.25, -0.2) is 4.79 Å². The van der Waals surface area contributed by atoms with Crippen LogP contribution >= 0.6 is 0 Å². The van der Waals surface area contributed by atoms with Crippen LogP contribution in [0.2, 0.25) is 0 Å². The summed E-state index contributed by atoms with van der Waals surface area (Å²) in [5.41, 5.74) is 0.00604. The van der Waals surface area contributed by atoms with Crippen molar-refractivity contribution in [2.45, 2.75) is 33.8 Å². The van der Waals surface area contributed by atoms with Crippen LogP contribution < -0.4 is 14.8 Å². The lowest BCUT2D eigenvalue weighted by molar-refractivity contribution is -0.123. The quantitative estimate of drug-likeness (QED) is 0.542. The van der Waals surface area contributed by atoms with Crippen molar-refractivity contribution in [2.75, 3.05) is 19.5 Å². The molecule has 1 atom stereocenters. The van der Waals surface area contributed by atoms with Crippen molar-refractivity contribution in [1.82, 2.24) is 0 Å². The van der Waals surface area contributed by atoms with Gasteiger partial charge in [-0.15, -0.1) is 0 Å². The Hall–Kier alpha value is -3.35. The van der Waals surface area contributed by atoms with Crippen LogP contribution in [0, 0.1) is 5.41 Å². The lowest BCUT2D eigenvalue weighted by atomic mass is 9.95. The Kier molecular flexibility index (Phi) is 7.21. The molecule has 0 radical (unpaired) electrons. The molecular formula is C23H27NO6. The van der Waals surface area contributed by atoms with Crippen LogP contribution in [0.15, 0.2) is 42.5 Å². The van der Waals surface area contributed by atoms with Gasteiger partial charge < -0.3 is 19.5 Å². The maximum atomic E-state index is 12.9. The van der Waals surface area contributed by atoms with Crippen LogP contribution in [-0.2, 0) is 9.53 Å². The summed E-state index contributed by atoms with van der Waals surface area (Å²) < 4.78 is 15.9. The van der Waals surface area contributed by atoms with Gasteiger partial charge in [-0.05, 0) is 6.92 Å². The minimum atomic E-state index is -1.01. The fourth-order valence-electron chi connectivity index (χ4n) is 2.58. The first kappa shape index (κ1) is 22.9. The molecule has 0 aliphatic heterocycles. The molecule has 0 aromatic heterocycles. The van der Waals surface area contributed by atoms with Gasteiger partial charge in [0, 0.05) is 23.1 Å². The van der Waals surface area contributed by atoms with Crippen molar-refractivity contribution < 1.29 is 28.6 Å². The lowest BCUT2D eigenvalue weighted by Gasteiger charge is -2.21. The predicted octanol–water partition coefficient (Wildman–Crippen LogP) is 4.12. The highest BCUT2D eigenvalue weighted by atomic mass is 16.5. The highest BCUT2D eigenvalue weighted by Crippen LogP contribution is 2.34. The number of carbonyl (C=O) groups is 3. The first-order chi connectivity index (χ1) is 14.1. The van der Waals surface area contributed by atoms with Gasteiger partial charge in [-0.2, -0.15) is 0 Å². The van der Waals surface area contributed by atoms with Gasteiger partial charge in [-0.1, -0.05) is 51.1 Å². The molecule has 2 aromatic rings. The molecule has 7 nitrogen and oxygen atoms in total. The Bertz CT molecular complexity index is 931. The van der Waals surface area contributed by atoms with Crippen molar-refractivity contribution in [3.8, 4) is 11.5 Å². The smallest absolute Gasteiger partial charge is 0.341 e. The molecule has 2 aromatic carbocycles. The van der Waals surface area contributed by atoms with E-state index in [4.69, 9.17) is 14.2 Å². The first-order valence-corrected chi connectivity index (χ1v) is 9.46. The van der Waals surface area contributed by atoms with Gasteiger partial charge in [0.1, 0.15) is 0 Å². The molecule has 1 unspecified atom stereocenters. The summed E-state index contributed by atoms with van der Waals surface area (Å²) in [6.07, 6.45) is -1.01. The zero-order valence-corrected chi connectivity index (χ0v) is 18.1. The lowest BCUT2D eigenvalue weighted by Crippen LogP contribution is -2.29. The van der Waals surface area contributed by atoms with Crippen molar-refractivity contribution >= 4 is 23.3 Å². The van der Waals surface area contributed by atoms with Crippen LogP contribution in [0.3, 0.4) is 0 Å². The number of hydrogen-bond acceptors (Lipinski definition) is 6. The molecule has 0 saturated carbocycles. The van der Waals surface area contributed by atoms with Gasteiger partial charge in [0.15, 0.2) is 17.6 Å². The fraction of sp³-hybridized carbons (Fsp3) is 0.348. The molecule has 0 aliphatic rings. The summed E-state index contributed by atoms with van der Waals surface area (Å²) >= 11 is 0. The maximum absolute atomic E-state index is 12.9. The molecule has 1 amide bonds. The van der Waals surface area contributed by atoms with E-state index in [0.29, 0.717) is 17.1 Å². The van der Waals surface area contributed by atoms with Crippen molar-refractivity contribution in [3.05, 3.63) is 53.6 Å². The molecule has 0 fully saturated rings. The number of ketones is 1. The van der Waals surface area contributed by atoms with Crippen LogP contribution in [0.4, 0.5) is 5.69 Å². The molecule has 30 heavy (non-hydrogen) atoms. The molecule has 0 spiro atoms. The zero-order valence-electron chi connectivity index (χ0n) is 18.1. The molecule has 1 N–H and O–H groups in total. The van der Waals surface area contributed by atoms with Crippen molar-refractivity contribution in [3.63, 3.8) is 0 Å². The van der Waals surface area contributed by atoms with Gasteiger partial charge in [0.2, 0.25) is 11.7 Å². The average Bonchev–Trinajstić information content (AvgIpc) is 2.72. The third kappa shape index (κ3) is 5.37. The predicted molar refractivity (Wildman–Crippen MR) is 113 cm³/mol. The second-order valence-electron chi connectivity index (χ2n) is 7.73. The van der Waals surface area contributed by atoms with E-state index in [1.165, 1.54) is 33.3 Å². The van der Waals surface area contributed by atoms with E-state index < -0.39 is 17.5 Å². The van der Waals surface area contributed by atoms with E-state index in [1.54, 1.807) is 51.1 Å². The fourth-order valence-corrected chi connectivity index (χ4v) is 2.58. The summed E-state index contributed by atoms with van der Waals surface area (Å²) in [6.45, 7) is 6.76. The van der Waals surface area contributed by atoms with E-state index in [-0.39, 0.29) is 22.9 Å². The minimum Gasteiger partial charge on any atom is -0.493 e. The number of carbonyl (C=O) groups excluding carboxylic acids is 3. The normalized spacial score (nSPS) is 11.9. The molecule has 2 rings (SSSR count). The van der Waals surface area contributed by atoms with Gasteiger partial charge in [-0.3, -0.25) is 9.59 Å². The van der Waals surface area contributed by atoms with Gasteiger partial charge in [0.25, 0.3) is 0 Å². The van der Waals surface area contributed by atoms with Crippen LogP contribution in [0.1, 0.15) is 48.4 Å². The second-order valence-corrected chi connectivity index (χ2v) is 7.73. The summed E-state index contributed by atoms with van der Waals surface area (Å²) in [7, 11) is 2.88. The van der Waals surface area contributed by atoms with E-state index in [0.717, 1.165) is 0 Å². The third-order valence-corrected chi connectivity index (χ3v) is 4.38. The summed E-state index contributed by atoms with van der Waals surface area (Å²) in [5.74, 6) is -0.759. The Balaban J connectivity index is 2.36. The number of esters is 1. The third-order valence-electron chi connectivity index (χ3n) is 4.38. The Morgan fingerprint density at radius 3 is 2.03 bits per heavy atom.